The molecule has 3 fully saturated rings. The predicted molar refractivity (Wildman–Crippen MR) is 169 cm³/mol. The van der Waals surface area contributed by atoms with Crippen LogP contribution in [0, 0.1) is 23.7 Å². The number of carboxylic acid groups (broad SMARTS) is 1. The topological polar surface area (TPSA) is 141 Å². The Kier molecular flexibility index (Phi) is 10.0. The number of aromatic carboxylic acids is 1. The summed E-state index contributed by atoms with van der Waals surface area (Å²) in [6.45, 7) is 5.11. The molecular weight excluding hydrogens is 579 g/mol. The maximum atomic E-state index is 14.0. The molecule has 0 radical (unpaired) electrons. The fraction of sp³-hybridized carbons (Fsp3) is 0.647. The number of halogens is 1. The number of hydrogen-bond acceptors (Lipinski definition) is 5. The highest BCUT2D eigenvalue weighted by Gasteiger charge is 2.47. The summed E-state index contributed by atoms with van der Waals surface area (Å²) in [4.78, 5) is 56.4. The van der Waals surface area contributed by atoms with Gasteiger partial charge in [0, 0.05) is 29.1 Å². The molecule has 1 aliphatic heterocycles. The molecule has 11 heteroatoms. The zero-order valence-electron chi connectivity index (χ0n) is 26.6. The van der Waals surface area contributed by atoms with E-state index in [2.05, 4.69) is 15.6 Å². The summed E-state index contributed by atoms with van der Waals surface area (Å²) in [5, 5.41) is 15.7. The molecule has 2 saturated carbocycles. The molecule has 3 atom stereocenters. The van der Waals surface area contributed by atoms with Gasteiger partial charge in [-0.1, -0.05) is 32.1 Å². The van der Waals surface area contributed by atoms with E-state index in [0.717, 1.165) is 32.1 Å². The van der Waals surface area contributed by atoms with Crippen molar-refractivity contribution in [1.29, 1.82) is 0 Å². The van der Waals surface area contributed by atoms with E-state index < -0.39 is 36.4 Å². The summed E-state index contributed by atoms with van der Waals surface area (Å²) >= 11 is 0. The first-order chi connectivity index (χ1) is 21.4. The van der Waals surface area contributed by atoms with Gasteiger partial charge >= 0.3 is 12.1 Å². The molecule has 0 spiro atoms. The second-order valence-corrected chi connectivity index (χ2v) is 14.1. The number of anilines is 1. The average Bonchev–Trinajstić information content (AvgIpc) is 3.64. The summed E-state index contributed by atoms with van der Waals surface area (Å²) in [7, 11) is 0. The number of ether oxygens (including phenoxy) is 1. The van der Waals surface area contributed by atoms with Crippen LogP contribution in [0.4, 0.5) is 14.9 Å². The van der Waals surface area contributed by atoms with E-state index in [9.17, 15) is 28.7 Å². The molecule has 3 amide bonds. The van der Waals surface area contributed by atoms with Gasteiger partial charge in [-0.3, -0.25) is 9.59 Å². The molecular formula is C34H47FN4O6. The van der Waals surface area contributed by atoms with Crippen molar-refractivity contribution < 1.29 is 33.4 Å². The Morgan fingerprint density at radius 3 is 2.38 bits per heavy atom. The van der Waals surface area contributed by atoms with Gasteiger partial charge in [0.25, 0.3) is 0 Å². The van der Waals surface area contributed by atoms with E-state index in [-0.39, 0.29) is 35.3 Å². The van der Waals surface area contributed by atoms with E-state index in [1.807, 2.05) is 0 Å². The lowest BCUT2D eigenvalue weighted by Gasteiger charge is -2.37. The lowest BCUT2D eigenvalue weighted by Crippen LogP contribution is -2.50. The van der Waals surface area contributed by atoms with E-state index in [1.54, 1.807) is 43.9 Å². The average molecular weight is 627 g/mol. The molecule has 2 heterocycles. The number of amides is 3. The molecule has 45 heavy (non-hydrogen) atoms. The number of hydrogen-bond donors (Lipinski definition) is 4. The van der Waals surface area contributed by atoms with Gasteiger partial charge in [-0.25, -0.2) is 14.0 Å². The summed E-state index contributed by atoms with van der Waals surface area (Å²) in [6, 6.07) is 5.53. The van der Waals surface area contributed by atoms with Gasteiger partial charge in [0.15, 0.2) is 0 Å². The van der Waals surface area contributed by atoms with Crippen molar-refractivity contribution in [3.8, 4) is 0 Å². The van der Waals surface area contributed by atoms with Gasteiger partial charge in [0.05, 0.1) is 6.04 Å². The number of carbonyl (C=O) groups excluding carboxylic acids is 3. The Hall–Kier alpha value is -3.63. The van der Waals surface area contributed by atoms with Crippen molar-refractivity contribution in [2.45, 2.75) is 103 Å². The Bertz CT molecular complexity index is 1390. The fourth-order valence-corrected chi connectivity index (χ4v) is 7.74. The third-order valence-electron chi connectivity index (χ3n) is 9.93. The second kappa shape index (κ2) is 13.8. The highest BCUT2D eigenvalue weighted by molar-refractivity contribution is 6.00. The molecule has 0 bridgehead atoms. The number of aromatic amines is 1. The van der Waals surface area contributed by atoms with Crippen LogP contribution in [0.2, 0.25) is 0 Å². The maximum absolute atomic E-state index is 14.0. The summed E-state index contributed by atoms with van der Waals surface area (Å²) in [5.74, 6) is -1.17. The van der Waals surface area contributed by atoms with Crippen LogP contribution in [0.1, 0.15) is 95.5 Å². The van der Waals surface area contributed by atoms with Crippen LogP contribution in [-0.4, -0.2) is 69.8 Å². The standard InChI is InChI=1S/C34H47FN4O6/c1-34(2,3)45-33(44)38-28(19-35)21-9-11-22(12-10-21)31(41)39-16-15-25(20-7-5-4-6-8-20)29(39)30(40)36-24-13-14-26-23(17-24)18-27(37-26)32(42)43/h13-14,17-18,20-22,25,28-29,37H,4-12,15-16,19H2,1-3H3,(H,36,40)(H,38,44)(H,42,43)/t21-,22+,25-,28-,29-/m0/s1. The molecule has 10 nitrogen and oxygen atoms in total. The van der Waals surface area contributed by atoms with Gasteiger partial charge in [-0.15, -0.1) is 0 Å². The zero-order chi connectivity index (χ0) is 32.3. The first-order valence-electron chi connectivity index (χ1n) is 16.5. The first kappa shape index (κ1) is 32.8. The molecule has 1 aromatic carbocycles. The van der Waals surface area contributed by atoms with Crippen LogP contribution in [0.3, 0.4) is 0 Å². The Morgan fingerprint density at radius 1 is 1.02 bits per heavy atom. The number of fused-ring (bicyclic) bond motifs is 1. The quantitative estimate of drug-likeness (QED) is 0.272. The summed E-state index contributed by atoms with van der Waals surface area (Å²) in [5.41, 5.74) is 0.615. The predicted octanol–water partition coefficient (Wildman–Crippen LogP) is 6.27. The molecule has 1 aromatic heterocycles. The Morgan fingerprint density at radius 2 is 1.73 bits per heavy atom. The third-order valence-corrected chi connectivity index (χ3v) is 9.93. The van der Waals surface area contributed by atoms with Crippen LogP contribution < -0.4 is 10.6 Å². The molecule has 0 unspecified atom stereocenters. The fourth-order valence-electron chi connectivity index (χ4n) is 7.74. The van der Waals surface area contributed by atoms with Crippen molar-refractivity contribution in [1.82, 2.24) is 15.2 Å². The molecule has 3 aliphatic rings. The molecule has 4 N–H and O–H groups in total. The van der Waals surface area contributed by atoms with E-state index in [1.165, 1.54) is 12.5 Å². The largest absolute Gasteiger partial charge is 0.477 e. The lowest BCUT2D eigenvalue weighted by molar-refractivity contribution is -0.142. The lowest BCUT2D eigenvalue weighted by atomic mass is 9.76. The van der Waals surface area contributed by atoms with E-state index >= 15 is 0 Å². The highest BCUT2D eigenvalue weighted by atomic mass is 19.1. The first-order valence-corrected chi connectivity index (χ1v) is 16.5. The van der Waals surface area contributed by atoms with Gasteiger partial charge in [-0.2, -0.15) is 0 Å². The number of H-pyrrole nitrogens is 1. The normalized spacial score (nSPS) is 25.1. The van der Waals surface area contributed by atoms with Gasteiger partial charge < -0.3 is 30.4 Å². The number of nitrogens with zero attached hydrogens (tertiary/aromatic N) is 1. The van der Waals surface area contributed by atoms with E-state index in [0.29, 0.717) is 54.7 Å². The summed E-state index contributed by atoms with van der Waals surface area (Å²) < 4.78 is 19.3. The van der Waals surface area contributed by atoms with E-state index in [4.69, 9.17) is 4.74 Å². The van der Waals surface area contributed by atoms with Crippen LogP contribution >= 0.6 is 0 Å². The molecule has 1 saturated heterocycles. The minimum absolute atomic E-state index is 0.0176. The minimum Gasteiger partial charge on any atom is -0.477 e. The number of aromatic nitrogens is 1. The summed E-state index contributed by atoms with van der Waals surface area (Å²) in [6.07, 6.45) is 8.09. The number of likely N-dealkylation sites (tertiary alicyclic amines) is 1. The van der Waals surface area contributed by atoms with Gasteiger partial charge in [-0.05, 0) is 94.9 Å². The van der Waals surface area contributed by atoms with Gasteiger partial charge in [0.2, 0.25) is 11.8 Å². The smallest absolute Gasteiger partial charge is 0.407 e. The number of rotatable bonds is 8. The highest BCUT2D eigenvalue weighted by Crippen LogP contribution is 2.41. The zero-order valence-corrected chi connectivity index (χ0v) is 26.6. The number of carbonyl (C=O) groups is 4. The number of carboxylic acids is 1. The monoisotopic (exact) mass is 626 g/mol. The Labute approximate surface area is 263 Å². The number of nitrogens with one attached hydrogen (secondary N) is 3. The van der Waals surface area contributed by atoms with Crippen molar-refractivity contribution in [3.05, 3.63) is 30.0 Å². The minimum atomic E-state index is -1.05. The van der Waals surface area contributed by atoms with Crippen LogP contribution in [0.25, 0.3) is 10.9 Å². The number of benzene rings is 1. The van der Waals surface area contributed by atoms with Crippen molar-refractivity contribution >= 4 is 40.5 Å². The van der Waals surface area contributed by atoms with Gasteiger partial charge in [0.1, 0.15) is 24.0 Å². The molecule has 246 valence electrons. The second-order valence-electron chi connectivity index (χ2n) is 14.1. The third kappa shape index (κ3) is 7.79. The maximum Gasteiger partial charge on any atom is 0.407 e. The van der Waals surface area contributed by atoms with Crippen molar-refractivity contribution in [2.75, 3.05) is 18.5 Å². The van der Waals surface area contributed by atoms with Crippen molar-refractivity contribution in [3.63, 3.8) is 0 Å². The number of alkyl carbamates (subject to hydrolysis) is 1. The molecule has 2 aromatic rings. The molecule has 2 aliphatic carbocycles. The number of alkyl halides is 1. The van der Waals surface area contributed by atoms with Crippen LogP contribution in [0.5, 0.6) is 0 Å². The van der Waals surface area contributed by atoms with Crippen molar-refractivity contribution in [2.24, 2.45) is 23.7 Å². The van der Waals surface area contributed by atoms with Crippen LogP contribution in [-0.2, 0) is 14.3 Å². The molecule has 5 rings (SSSR count). The van der Waals surface area contributed by atoms with Crippen LogP contribution in [0.15, 0.2) is 24.3 Å². The SMILES string of the molecule is CC(C)(C)OC(=O)N[C@@H](CF)[C@H]1CC[C@@H](C(=O)N2CC[C@@H](C3CCCCC3)[C@H]2C(=O)Nc2ccc3[nH]c(C(=O)O)cc3c2)CC1. The Balaban J connectivity index is 1.27.